The Balaban J connectivity index is 1.60. The molecule has 0 saturated carbocycles. The molecule has 1 heterocycles. The summed E-state index contributed by atoms with van der Waals surface area (Å²) in [6, 6.07) is 21.2. The fraction of sp³-hybridized carbons (Fsp3) is 0.115. The minimum atomic E-state index is -1.19. The number of aliphatic carboxylic acids is 1. The van der Waals surface area contributed by atoms with E-state index in [9.17, 15) is 19.5 Å². The Morgan fingerprint density at radius 3 is 2.29 bits per heavy atom. The highest BCUT2D eigenvalue weighted by molar-refractivity contribution is 6.06. The quantitative estimate of drug-likeness (QED) is 0.447. The van der Waals surface area contributed by atoms with E-state index < -0.39 is 23.8 Å². The number of carbonyl (C=O) groups is 3. The van der Waals surface area contributed by atoms with Crippen molar-refractivity contribution >= 4 is 23.9 Å². The standard InChI is InChI=1S/C26H22N2O6/c29-24(19-9-5-2-6-10-19)27-20(14-18-11-12-22-23(15-18)34-16-33-22)25(30)28-21(26(31)32)13-17-7-3-1-4-8-17/h1-12,14-15,21H,13,16H2,(H,27,29)(H,28,30)(H,31,32). The van der Waals surface area contributed by atoms with Crippen LogP contribution in [0.25, 0.3) is 6.08 Å². The summed E-state index contributed by atoms with van der Waals surface area (Å²) in [4.78, 5) is 37.7. The van der Waals surface area contributed by atoms with Gasteiger partial charge in [-0.25, -0.2) is 4.79 Å². The topological polar surface area (TPSA) is 114 Å². The van der Waals surface area contributed by atoms with Crippen LogP contribution in [0.5, 0.6) is 11.5 Å². The van der Waals surface area contributed by atoms with E-state index >= 15 is 0 Å². The second-order valence-corrected chi connectivity index (χ2v) is 7.54. The number of hydrogen-bond donors (Lipinski definition) is 3. The monoisotopic (exact) mass is 458 g/mol. The summed E-state index contributed by atoms with van der Waals surface area (Å²) in [6.07, 6.45) is 1.55. The number of benzene rings is 3. The summed E-state index contributed by atoms with van der Waals surface area (Å²) in [7, 11) is 0. The molecule has 8 heteroatoms. The molecule has 1 aliphatic heterocycles. The first kappa shape index (κ1) is 22.6. The van der Waals surface area contributed by atoms with Crippen molar-refractivity contribution in [1.29, 1.82) is 0 Å². The van der Waals surface area contributed by atoms with E-state index in [0.717, 1.165) is 5.56 Å². The average Bonchev–Trinajstić information content (AvgIpc) is 3.32. The Bertz CT molecular complexity index is 1220. The smallest absolute Gasteiger partial charge is 0.326 e. The predicted molar refractivity (Wildman–Crippen MR) is 124 cm³/mol. The van der Waals surface area contributed by atoms with Crippen molar-refractivity contribution in [2.24, 2.45) is 0 Å². The number of rotatable bonds is 8. The molecule has 0 fully saturated rings. The Morgan fingerprint density at radius 2 is 1.59 bits per heavy atom. The maximum Gasteiger partial charge on any atom is 0.326 e. The van der Waals surface area contributed by atoms with Crippen molar-refractivity contribution < 1.29 is 29.0 Å². The molecule has 34 heavy (non-hydrogen) atoms. The van der Waals surface area contributed by atoms with Crippen LogP contribution in [0.3, 0.4) is 0 Å². The number of hydrogen-bond acceptors (Lipinski definition) is 5. The molecule has 3 N–H and O–H groups in total. The van der Waals surface area contributed by atoms with Gasteiger partial charge in [-0.05, 0) is 41.5 Å². The highest BCUT2D eigenvalue weighted by Gasteiger charge is 2.24. The van der Waals surface area contributed by atoms with Gasteiger partial charge in [0.25, 0.3) is 11.8 Å². The number of carboxylic acids is 1. The van der Waals surface area contributed by atoms with E-state index in [1.807, 2.05) is 6.07 Å². The van der Waals surface area contributed by atoms with E-state index in [0.29, 0.717) is 22.6 Å². The van der Waals surface area contributed by atoms with Crippen molar-refractivity contribution in [3.8, 4) is 11.5 Å². The predicted octanol–water partition coefficient (Wildman–Crippen LogP) is 3.00. The van der Waals surface area contributed by atoms with Gasteiger partial charge in [0.2, 0.25) is 6.79 Å². The lowest BCUT2D eigenvalue weighted by Gasteiger charge is -2.17. The fourth-order valence-electron chi connectivity index (χ4n) is 3.40. The Kier molecular flexibility index (Phi) is 6.88. The van der Waals surface area contributed by atoms with Crippen LogP contribution in [0.2, 0.25) is 0 Å². The van der Waals surface area contributed by atoms with Gasteiger partial charge in [-0.15, -0.1) is 0 Å². The highest BCUT2D eigenvalue weighted by Crippen LogP contribution is 2.33. The molecule has 4 rings (SSSR count). The lowest BCUT2D eigenvalue weighted by molar-refractivity contribution is -0.141. The largest absolute Gasteiger partial charge is 0.480 e. The molecule has 0 spiro atoms. The molecule has 0 saturated heterocycles. The maximum atomic E-state index is 13.1. The minimum absolute atomic E-state index is 0.0891. The lowest BCUT2D eigenvalue weighted by atomic mass is 10.1. The van der Waals surface area contributed by atoms with Crippen molar-refractivity contribution in [3.05, 3.63) is 101 Å². The number of amides is 2. The molecule has 3 aromatic carbocycles. The number of fused-ring (bicyclic) bond motifs is 1. The number of carboxylic acid groups (broad SMARTS) is 1. The molecule has 0 aliphatic carbocycles. The van der Waals surface area contributed by atoms with Gasteiger partial charge in [-0.3, -0.25) is 9.59 Å². The van der Waals surface area contributed by atoms with Crippen LogP contribution in [0.1, 0.15) is 21.5 Å². The zero-order chi connectivity index (χ0) is 23.9. The summed E-state index contributed by atoms with van der Waals surface area (Å²) in [5.74, 6) is -1.34. The van der Waals surface area contributed by atoms with Crippen LogP contribution in [-0.2, 0) is 16.0 Å². The van der Waals surface area contributed by atoms with Gasteiger partial charge in [0.1, 0.15) is 11.7 Å². The third-order valence-corrected chi connectivity index (χ3v) is 5.12. The van der Waals surface area contributed by atoms with E-state index in [-0.39, 0.29) is 18.9 Å². The first-order valence-electron chi connectivity index (χ1n) is 10.5. The molecule has 1 atom stereocenters. The second kappa shape index (κ2) is 10.4. The minimum Gasteiger partial charge on any atom is -0.480 e. The maximum absolute atomic E-state index is 13.1. The number of carbonyl (C=O) groups excluding carboxylic acids is 2. The SMILES string of the molecule is O=C(NC(Cc1ccccc1)C(=O)O)C(=Cc1ccc2c(c1)OCO2)NC(=O)c1ccccc1. The number of ether oxygens (including phenoxy) is 2. The molecule has 3 aromatic rings. The molecule has 172 valence electrons. The van der Waals surface area contributed by atoms with Crippen LogP contribution in [0.4, 0.5) is 0 Å². The zero-order valence-corrected chi connectivity index (χ0v) is 18.1. The molecule has 1 aliphatic rings. The van der Waals surface area contributed by atoms with Crippen LogP contribution < -0.4 is 20.1 Å². The van der Waals surface area contributed by atoms with Gasteiger partial charge in [0.05, 0.1) is 0 Å². The summed E-state index contributed by atoms with van der Waals surface area (Å²) < 4.78 is 10.7. The fourth-order valence-corrected chi connectivity index (χ4v) is 3.40. The summed E-state index contributed by atoms with van der Waals surface area (Å²) in [5.41, 5.74) is 1.57. The highest BCUT2D eigenvalue weighted by atomic mass is 16.7. The van der Waals surface area contributed by atoms with Crippen molar-refractivity contribution in [1.82, 2.24) is 10.6 Å². The Labute approximate surface area is 195 Å². The van der Waals surface area contributed by atoms with E-state index in [1.165, 1.54) is 6.08 Å². The van der Waals surface area contributed by atoms with E-state index in [1.54, 1.807) is 72.8 Å². The molecule has 0 aromatic heterocycles. The van der Waals surface area contributed by atoms with Crippen LogP contribution in [-0.4, -0.2) is 35.7 Å². The van der Waals surface area contributed by atoms with Gasteiger partial charge in [-0.2, -0.15) is 0 Å². The molecule has 0 bridgehead atoms. The Morgan fingerprint density at radius 1 is 0.912 bits per heavy atom. The molecular weight excluding hydrogens is 436 g/mol. The van der Waals surface area contributed by atoms with Crippen LogP contribution >= 0.6 is 0 Å². The average molecular weight is 458 g/mol. The van der Waals surface area contributed by atoms with Gasteiger partial charge < -0.3 is 25.2 Å². The summed E-state index contributed by atoms with van der Waals surface area (Å²) in [6.45, 7) is 0.0976. The van der Waals surface area contributed by atoms with Crippen molar-refractivity contribution in [3.63, 3.8) is 0 Å². The van der Waals surface area contributed by atoms with Crippen LogP contribution in [0, 0.1) is 0 Å². The molecule has 1 unspecified atom stereocenters. The number of nitrogens with one attached hydrogen (secondary N) is 2. The third kappa shape index (κ3) is 5.60. The van der Waals surface area contributed by atoms with E-state index in [2.05, 4.69) is 10.6 Å². The Hall–Kier alpha value is -4.59. The normalized spacial score (nSPS) is 13.1. The molecular formula is C26H22N2O6. The first-order valence-corrected chi connectivity index (χ1v) is 10.5. The van der Waals surface area contributed by atoms with Gasteiger partial charge >= 0.3 is 5.97 Å². The third-order valence-electron chi connectivity index (χ3n) is 5.12. The second-order valence-electron chi connectivity index (χ2n) is 7.54. The van der Waals surface area contributed by atoms with Gasteiger partial charge in [-0.1, -0.05) is 54.6 Å². The van der Waals surface area contributed by atoms with Gasteiger partial charge in [0.15, 0.2) is 11.5 Å². The van der Waals surface area contributed by atoms with Gasteiger partial charge in [0, 0.05) is 12.0 Å². The zero-order valence-electron chi connectivity index (χ0n) is 18.1. The summed E-state index contributed by atoms with van der Waals surface area (Å²) >= 11 is 0. The molecule has 8 nitrogen and oxygen atoms in total. The van der Waals surface area contributed by atoms with Crippen molar-refractivity contribution in [2.45, 2.75) is 12.5 Å². The molecule has 0 radical (unpaired) electrons. The lowest BCUT2D eigenvalue weighted by Crippen LogP contribution is -2.45. The van der Waals surface area contributed by atoms with Crippen molar-refractivity contribution in [2.75, 3.05) is 6.79 Å². The van der Waals surface area contributed by atoms with E-state index in [4.69, 9.17) is 9.47 Å². The first-order chi connectivity index (χ1) is 16.5. The summed E-state index contributed by atoms with van der Waals surface area (Å²) in [5, 5.41) is 14.8. The van der Waals surface area contributed by atoms with Crippen LogP contribution in [0.15, 0.2) is 84.6 Å². The molecule has 2 amide bonds.